The number of aromatic nitrogens is 2. The van der Waals surface area contributed by atoms with Gasteiger partial charge >= 0.3 is 0 Å². The molecule has 4 nitrogen and oxygen atoms in total. The van der Waals surface area contributed by atoms with Crippen molar-refractivity contribution in [1.82, 2.24) is 9.78 Å². The van der Waals surface area contributed by atoms with Crippen LogP contribution in [0, 0.1) is 6.92 Å². The number of unbranched alkanes of at least 4 members (excludes halogenated alkanes) is 1. The number of hydrogen-bond acceptors (Lipinski definition) is 3. The Morgan fingerprint density at radius 2 is 2.27 bits per heavy atom. The van der Waals surface area contributed by atoms with E-state index < -0.39 is 0 Å². The molecule has 0 radical (unpaired) electrons. The highest BCUT2D eigenvalue weighted by molar-refractivity contribution is 5.45. The minimum absolute atomic E-state index is 0.758. The SMILES string of the molecule is CCCCOCCNc1cn(C)nc1C. The lowest BCUT2D eigenvalue weighted by Gasteiger charge is -2.05. The molecule has 0 saturated carbocycles. The first-order valence-corrected chi connectivity index (χ1v) is 5.56. The van der Waals surface area contributed by atoms with Gasteiger partial charge < -0.3 is 10.1 Å². The molecule has 0 aromatic carbocycles. The molecule has 15 heavy (non-hydrogen) atoms. The lowest BCUT2D eigenvalue weighted by Crippen LogP contribution is -2.10. The number of nitrogens with zero attached hydrogens (tertiary/aromatic N) is 2. The highest BCUT2D eigenvalue weighted by atomic mass is 16.5. The van der Waals surface area contributed by atoms with Gasteiger partial charge in [0, 0.05) is 26.4 Å². The predicted molar refractivity (Wildman–Crippen MR) is 62.2 cm³/mol. The number of nitrogens with one attached hydrogen (secondary N) is 1. The zero-order valence-electron chi connectivity index (χ0n) is 9.92. The lowest BCUT2D eigenvalue weighted by molar-refractivity contribution is 0.141. The second-order valence-corrected chi connectivity index (χ2v) is 3.69. The largest absolute Gasteiger partial charge is 0.380 e. The zero-order valence-corrected chi connectivity index (χ0v) is 9.92. The summed E-state index contributed by atoms with van der Waals surface area (Å²) in [6, 6.07) is 0. The number of rotatable bonds is 7. The second kappa shape index (κ2) is 6.45. The zero-order chi connectivity index (χ0) is 11.1. The molecule has 0 aliphatic carbocycles. The van der Waals surface area contributed by atoms with E-state index in [1.165, 1.54) is 6.42 Å². The maximum Gasteiger partial charge on any atom is 0.0824 e. The first-order chi connectivity index (χ1) is 7.24. The topological polar surface area (TPSA) is 39.1 Å². The van der Waals surface area contributed by atoms with Crippen molar-refractivity contribution in [2.75, 3.05) is 25.1 Å². The maximum atomic E-state index is 5.45. The van der Waals surface area contributed by atoms with Crippen molar-refractivity contribution in [2.24, 2.45) is 7.05 Å². The van der Waals surface area contributed by atoms with Crippen LogP contribution in [0.3, 0.4) is 0 Å². The Hall–Kier alpha value is -1.03. The molecule has 0 unspecified atom stereocenters. The molecule has 0 saturated heterocycles. The second-order valence-electron chi connectivity index (χ2n) is 3.69. The Labute approximate surface area is 91.6 Å². The van der Waals surface area contributed by atoms with Gasteiger partial charge in [0.05, 0.1) is 18.0 Å². The van der Waals surface area contributed by atoms with Crippen molar-refractivity contribution >= 4 is 5.69 Å². The van der Waals surface area contributed by atoms with Crippen LogP contribution in [0.15, 0.2) is 6.20 Å². The fraction of sp³-hybridized carbons (Fsp3) is 0.727. The summed E-state index contributed by atoms with van der Waals surface area (Å²) in [5.41, 5.74) is 2.13. The summed E-state index contributed by atoms with van der Waals surface area (Å²) in [6.45, 7) is 6.63. The summed E-state index contributed by atoms with van der Waals surface area (Å²) in [5.74, 6) is 0. The molecule has 0 spiro atoms. The van der Waals surface area contributed by atoms with Crippen molar-refractivity contribution in [3.05, 3.63) is 11.9 Å². The fourth-order valence-corrected chi connectivity index (χ4v) is 1.38. The average molecular weight is 211 g/mol. The molecule has 0 fully saturated rings. The van der Waals surface area contributed by atoms with E-state index in [1.807, 2.05) is 24.9 Å². The average Bonchev–Trinajstić information content (AvgIpc) is 2.51. The molecule has 0 amide bonds. The van der Waals surface area contributed by atoms with E-state index in [-0.39, 0.29) is 0 Å². The lowest BCUT2D eigenvalue weighted by atomic mass is 10.4. The van der Waals surface area contributed by atoms with Crippen LogP contribution in [0.4, 0.5) is 5.69 Å². The Balaban J connectivity index is 2.12. The van der Waals surface area contributed by atoms with Crippen LogP contribution < -0.4 is 5.32 Å². The number of ether oxygens (including phenoxy) is 1. The summed E-state index contributed by atoms with van der Waals surface area (Å²) in [5, 5.41) is 7.56. The van der Waals surface area contributed by atoms with Crippen LogP contribution in [-0.4, -0.2) is 29.5 Å². The van der Waals surface area contributed by atoms with Crippen LogP contribution in [0.1, 0.15) is 25.5 Å². The minimum atomic E-state index is 0.758. The Bertz CT molecular complexity index is 283. The molecule has 4 heteroatoms. The van der Waals surface area contributed by atoms with E-state index >= 15 is 0 Å². The van der Waals surface area contributed by atoms with Crippen LogP contribution in [0.25, 0.3) is 0 Å². The molecular formula is C11H21N3O. The molecule has 0 bridgehead atoms. The quantitative estimate of drug-likeness (QED) is 0.701. The first kappa shape index (κ1) is 12.0. The third-order valence-corrected chi connectivity index (χ3v) is 2.22. The molecule has 0 atom stereocenters. The maximum absolute atomic E-state index is 5.45. The van der Waals surface area contributed by atoms with E-state index in [0.29, 0.717) is 0 Å². The summed E-state index contributed by atoms with van der Waals surface area (Å²) in [4.78, 5) is 0. The standard InChI is InChI=1S/C11H21N3O/c1-4-5-7-15-8-6-12-11-9-14(3)13-10(11)2/h9,12H,4-8H2,1-3H3. The molecule has 86 valence electrons. The highest BCUT2D eigenvalue weighted by Gasteiger charge is 2.00. The van der Waals surface area contributed by atoms with Gasteiger partial charge in [0.2, 0.25) is 0 Å². The summed E-state index contributed by atoms with van der Waals surface area (Å²) >= 11 is 0. The molecule has 1 aromatic heterocycles. The number of hydrogen-bond donors (Lipinski definition) is 1. The van der Waals surface area contributed by atoms with Gasteiger partial charge in [-0.15, -0.1) is 0 Å². The number of aryl methyl sites for hydroxylation is 2. The fourth-order valence-electron chi connectivity index (χ4n) is 1.38. The van der Waals surface area contributed by atoms with Gasteiger partial charge in [-0.25, -0.2) is 0 Å². The van der Waals surface area contributed by atoms with E-state index in [4.69, 9.17) is 4.74 Å². The molecule has 1 heterocycles. The molecule has 1 aromatic rings. The van der Waals surface area contributed by atoms with Gasteiger partial charge in [0.15, 0.2) is 0 Å². The van der Waals surface area contributed by atoms with E-state index in [9.17, 15) is 0 Å². The van der Waals surface area contributed by atoms with E-state index in [0.717, 1.165) is 37.6 Å². The first-order valence-electron chi connectivity index (χ1n) is 5.56. The monoisotopic (exact) mass is 211 g/mol. The van der Waals surface area contributed by atoms with Gasteiger partial charge in [-0.2, -0.15) is 5.10 Å². The smallest absolute Gasteiger partial charge is 0.0824 e. The van der Waals surface area contributed by atoms with Crippen LogP contribution in [0.2, 0.25) is 0 Å². The van der Waals surface area contributed by atoms with Gasteiger partial charge in [-0.05, 0) is 13.3 Å². The van der Waals surface area contributed by atoms with Crippen LogP contribution in [0.5, 0.6) is 0 Å². The van der Waals surface area contributed by atoms with Crippen LogP contribution >= 0.6 is 0 Å². The van der Waals surface area contributed by atoms with Gasteiger partial charge in [0.25, 0.3) is 0 Å². The third kappa shape index (κ3) is 4.34. The molecule has 1 N–H and O–H groups in total. The summed E-state index contributed by atoms with van der Waals surface area (Å²) < 4.78 is 7.27. The Kier molecular flexibility index (Phi) is 5.18. The van der Waals surface area contributed by atoms with Crippen LogP contribution in [-0.2, 0) is 11.8 Å². The Morgan fingerprint density at radius 1 is 1.47 bits per heavy atom. The third-order valence-electron chi connectivity index (χ3n) is 2.22. The minimum Gasteiger partial charge on any atom is -0.380 e. The van der Waals surface area contributed by atoms with Gasteiger partial charge in [-0.1, -0.05) is 13.3 Å². The molecule has 0 aliphatic rings. The van der Waals surface area contributed by atoms with E-state index in [2.05, 4.69) is 17.3 Å². The normalized spacial score (nSPS) is 10.6. The van der Waals surface area contributed by atoms with Crippen molar-refractivity contribution in [3.8, 4) is 0 Å². The molecular weight excluding hydrogens is 190 g/mol. The van der Waals surface area contributed by atoms with Gasteiger partial charge in [0.1, 0.15) is 0 Å². The van der Waals surface area contributed by atoms with E-state index in [1.54, 1.807) is 0 Å². The van der Waals surface area contributed by atoms with Crippen molar-refractivity contribution in [1.29, 1.82) is 0 Å². The van der Waals surface area contributed by atoms with Crippen molar-refractivity contribution in [3.63, 3.8) is 0 Å². The van der Waals surface area contributed by atoms with Gasteiger partial charge in [-0.3, -0.25) is 4.68 Å². The van der Waals surface area contributed by atoms with Crippen molar-refractivity contribution in [2.45, 2.75) is 26.7 Å². The predicted octanol–water partition coefficient (Wildman–Crippen LogP) is 1.96. The molecule has 0 aliphatic heterocycles. The van der Waals surface area contributed by atoms with Crippen molar-refractivity contribution < 1.29 is 4.74 Å². The number of anilines is 1. The highest BCUT2D eigenvalue weighted by Crippen LogP contribution is 2.10. The summed E-state index contributed by atoms with van der Waals surface area (Å²) in [6.07, 6.45) is 4.32. The Morgan fingerprint density at radius 3 is 2.87 bits per heavy atom. The summed E-state index contributed by atoms with van der Waals surface area (Å²) in [7, 11) is 1.93. The molecule has 1 rings (SSSR count).